The van der Waals surface area contributed by atoms with E-state index in [-0.39, 0.29) is 5.82 Å². The molecule has 9 heavy (non-hydrogen) atoms. The van der Waals surface area contributed by atoms with E-state index in [2.05, 4.69) is 34.7 Å². The third-order valence-corrected chi connectivity index (χ3v) is 1.80. The first-order valence-electron chi connectivity index (χ1n) is 2.46. The van der Waals surface area contributed by atoms with Gasteiger partial charge in [0.05, 0.1) is 0 Å². The molecule has 2 radical (unpaired) electrons. The zero-order valence-electron chi connectivity index (χ0n) is 4.62. The predicted molar refractivity (Wildman–Crippen MR) is 41.8 cm³/mol. The molecule has 0 unspecified atom stereocenters. The molecule has 0 aliphatic carbocycles. The van der Waals surface area contributed by atoms with Crippen molar-refractivity contribution in [3.8, 4) is 0 Å². The van der Waals surface area contributed by atoms with Gasteiger partial charge in [-0.25, -0.2) is 4.39 Å². The molecule has 0 atom stereocenters. The van der Waals surface area contributed by atoms with Crippen LogP contribution in [0.5, 0.6) is 0 Å². The van der Waals surface area contributed by atoms with Crippen molar-refractivity contribution in [3.63, 3.8) is 0 Å². The first-order chi connectivity index (χ1) is 4.34. The molecule has 0 aliphatic heterocycles. The fourth-order valence-corrected chi connectivity index (χ4v) is 1.08. The highest BCUT2D eigenvalue weighted by atomic mass is 127. The minimum atomic E-state index is -0.192. The van der Waals surface area contributed by atoms with Crippen LogP contribution in [0.15, 0.2) is 12.1 Å². The molecule has 0 fully saturated rings. The fraction of sp³-hybridized carbons (Fsp3) is 0.143. The van der Waals surface area contributed by atoms with Crippen molar-refractivity contribution in [1.82, 2.24) is 0 Å². The maximum atomic E-state index is 12.5. The SMILES string of the molecule is Fc1c[c][c]cc1CI. The van der Waals surface area contributed by atoms with Crippen LogP contribution in [0.4, 0.5) is 4.39 Å². The molecule has 0 amide bonds. The minimum Gasteiger partial charge on any atom is -0.207 e. The highest BCUT2D eigenvalue weighted by Crippen LogP contribution is 2.08. The number of alkyl halides is 1. The molecule has 1 aromatic rings. The van der Waals surface area contributed by atoms with Gasteiger partial charge in [-0.3, -0.25) is 0 Å². The Hall–Kier alpha value is -0.120. The first kappa shape index (κ1) is 6.99. The van der Waals surface area contributed by atoms with Crippen LogP contribution in [0.2, 0.25) is 0 Å². The molecule has 46 valence electrons. The van der Waals surface area contributed by atoms with Gasteiger partial charge in [-0.1, -0.05) is 22.6 Å². The van der Waals surface area contributed by atoms with Gasteiger partial charge in [0.2, 0.25) is 0 Å². The van der Waals surface area contributed by atoms with Gasteiger partial charge in [-0.15, -0.1) is 0 Å². The Labute approximate surface area is 67.2 Å². The Balaban J connectivity index is 3.01. The predicted octanol–water partition coefficient (Wildman–Crippen LogP) is 2.36. The van der Waals surface area contributed by atoms with Gasteiger partial charge in [0, 0.05) is 4.43 Å². The van der Waals surface area contributed by atoms with Crippen molar-refractivity contribution in [2.24, 2.45) is 0 Å². The fourth-order valence-electron chi connectivity index (χ4n) is 0.498. The lowest BCUT2D eigenvalue weighted by Gasteiger charge is -1.92. The van der Waals surface area contributed by atoms with Crippen molar-refractivity contribution in [2.75, 3.05) is 0 Å². The molecular formula is C7H4FI. The molecule has 0 aliphatic rings. The molecule has 0 nitrogen and oxygen atoms in total. The van der Waals surface area contributed by atoms with Gasteiger partial charge in [-0.05, 0) is 29.8 Å². The van der Waals surface area contributed by atoms with E-state index in [0.717, 1.165) is 0 Å². The Bertz CT molecular complexity index is 198. The van der Waals surface area contributed by atoms with Crippen molar-refractivity contribution >= 4 is 22.6 Å². The van der Waals surface area contributed by atoms with Gasteiger partial charge in [0.15, 0.2) is 0 Å². The summed E-state index contributed by atoms with van der Waals surface area (Å²) in [6.07, 6.45) is 0. The molecule has 0 spiro atoms. The molecule has 0 N–H and O–H groups in total. The highest BCUT2D eigenvalue weighted by molar-refractivity contribution is 14.1. The largest absolute Gasteiger partial charge is 0.207 e. The van der Waals surface area contributed by atoms with Crippen molar-refractivity contribution in [1.29, 1.82) is 0 Å². The number of benzene rings is 1. The van der Waals surface area contributed by atoms with Crippen LogP contribution < -0.4 is 0 Å². The van der Waals surface area contributed by atoms with E-state index in [1.54, 1.807) is 6.07 Å². The normalized spacial score (nSPS) is 9.56. The van der Waals surface area contributed by atoms with E-state index in [1.165, 1.54) is 6.07 Å². The van der Waals surface area contributed by atoms with Crippen LogP contribution in [0.25, 0.3) is 0 Å². The Kier molecular flexibility index (Phi) is 2.45. The first-order valence-corrected chi connectivity index (χ1v) is 3.99. The number of hydrogen-bond acceptors (Lipinski definition) is 0. The molecule has 1 rings (SSSR count). The molecule has 0 bridgehead atoms. The number of rotatable bonds is 1. The quantitative estimate of drug-likeness (QED) is 0.516. The standard InChI is InChI=1S/C7H4FI/c8-7-4-2-1-3-6(7)5-9/h3-4H,5H2. The van der Waals surface area contributed by atoms with Crippen LogP contribution in [0.1, 0.15) is 5.56 Å². The van der Waals surface area contributed by atoms with Gasteiger partial charge in [0.1, 0.15) is 5.82 Å². The van der Waals surface area contributed by atoms with Crippen molar-refractivity contribution in [2.45, 2.75) is 4.43 Å². The zero-order valence-corrected chi connectivity index (χ0v) is 6.78. The summed E-state index contributed by atoms with van der Waals surface area (Å²) in [5.41, 5.74) is 0.689. The smallest absolute Gasteiger partial charge is 0.127 e. The van der Waals surface area contributed by atoms with Crippen LogP contribution in [-0.4, -0.2) is 0 Å². The van der Waals surface area contributed by atoms with E-state index in [9.17, 15) is 4.39 Å². The second kappa shape index (κ2) is 3.15. The lowest BCUT2D eigenvalue weighted by molar-refractivity contribution is 0.617. The third kappa shape index (κ3) is 1.64. The number of hydrogen-bond donors (Lipinski definition) is 0. The Morgan fingerprint density at radius 2 is 2.11 bits per heavy atom. The van der Waals surface area contributed by atoms with E-state index < -0.39 is 0 Å². The molecule has 1 aromatic carbocycles. The molecule has 0 saturated heterocycles. The second-order valence-corrected chi connectivity index (χ2v) is 2.35. The summed E-state index contributed by atoms with van der Waals surface area (Å²) in [5.74, 6) is -0.192. The van der Waals surface area contributed by atoms with Gasteiger partial charge in [-0.2, -0.15) is 0 Å². The summed E-state index contributed by atoms with van der Waals surface area (Å²) in [6, 6.07) is 8.13. The Morgan fingerprint density at radius 3 is 2.56 bits per heavy atom. The van der Waals surface area contributed by atoms with E-state index in [1.807, 2.05) is 0 Å². The lowest BCUT2D eigenvalue weighted by atomic mass is 10.2. The summed E-state index contributed by atoms with van der Waals surface area (Å²) in [6.45, 7) is 0. The Morgan fingerprint density at radius 1 is 1.44 bits per heavy atom. The second-order valence-electron chi connectivity index (χ2n) is 1.58. The van der Waals surface area contributed by atoms with Crippen LogP contribution in [0.3, 0.4) is 0 Å². The van der Waals surface area contributed by atoms with Gasteiger partial charge < -0.3 is 0 Å². The van der Waals surface area contributed by atoms with Gasteiger partial charge in [0.25, 0.3) is 0 Å². The summed E-state index contributed by atoms with van der Waals surface area (Å²) in [7, 11) is 0. The van der Waals surface area contributed by atoms with E-state index in [0.29, 0.717) is 9.99 Å². The lowest BCUT2D eigenvalue weighted by Crippen LogP contribution is -1.82. The molecule has 0 heterocycles. The molecule has 0 aromatic heterocycles. The third-order valence-electron chi connectivity index (χ3n) is 0.979. The highest BCUT2D eigenvalue weighted by Gasteiger charge is 1.95. The summed E-state index contributed by atoms with van der Waals surface area (Å²) >= 11 is 2.11. The summed E-state index contributed by atoms with van der Waals surface area (Å²) in [4.78, 5) is 0. The molecule has 2 heteroatoms. The zero-order chi connectivity index (χ0) is 6.69. The average molecular weight is 234 g/mol. The monoisotopic (exact) mass is 234 g/mol. The van der Waals surface area contributed by atoms with Crippen molar-refractivity contribution in [3.05, 3.63) is 35.6 Å². The van der Waals surface area contributed by atoms with E-state index >= 15 is 0 Å². The van der Waals surface area contributed by atoms with Gasteiger partial charge >= 0.3 is 0 Å². The molecular weight excluding hydrogens is 230 g/mol. The average Bonchev–Trinajstić information content (AvgIpc) is 1.89. The number of halogens is 2. The minimum absolute atomic E-state index is 0.192. The molecule has 0 saturated carbocycles. The van der Waals surface area contributed by atoms with Crippen molar-refractivity contribution < 1.29 is 4.39 Å². The maximum absolute atomic E-state index is 12.5. The van der Waals surface area contributed by atoms with Crippen LogP contribution in [0, 0.1) is 17.9 Å². The summed E-state index contributed by atoms with van der Waals surface area (Å²) < 4.78 is 13.2. The maximum Gasteiger partial charge on any atom is 0.127 e. The topological polar surface area (TPSA) is 0 Å². The van der Waals surface area contributed by atoms with E-state index in [4.69, 9.17) is 0 Å². The van der Waals surface area contributed by atoms with Crippen LogP contribution >= 0.6 is 22.6 Å². The van der Waals surface area contributed by atoms with Crippen LogP contribution in [-0.2, 0) is 4.43 Å². The summed E-state index contributed by atoms with van der Waals surface area (Å²) in [5, 5.41) is 0.